The fraction of sp³-hybridized carbons (Fsp3) is 0.914. The van der Waals surface area contributed by atoms with E-state index in [1.807, 2.05) is 13.8 Å². The minimum absolute atomic E-state index is 0.0377. The third kappa shape index (κ3) is 4.75. The first-order valence-corrected chi connectivity index (χ1v) is 17.1. The number of hydrogen-bond donors (Lipinski definition) is 6. The van der Waals surface area contributed by atoms with Crippen LogP contribution in [0.5, 0.6) is 0 Å². The normalized spacial score (nSPS) is 49.2. The Bertz CT molecular complexity index is 1150. The van der Waals surface area contributed by atoms with Gasteiger partial charge in [-0.15, -0.1) is 0 Å². The van der Waals surface area contributed by atoms with E-state index < -0.39 is 45.9 Å². The highest BCUT2D eigenvalue weighted by Gasteiger charge is 2.72. The second-order valence-corrected chi connectivity index (χ2v) is 17.2. The van der Waals surface area contributed by atoms with Crippen LogP contribution in [0, 0.1) is 39.9 Å². The molecule has 8 nitrogen and oxygen atoms in total. The predicted octanol–water partition coefficient (Wildman–Crippen LogP) is 3.58. The molecule has 13 unspecified atom stereocenters. The number of nitrogens with two attached hydrogens (primary N) is 1. The average molecular weight is 603 g/mol. The zero-order valence-electron chi connectivity index (χ0n) is 27.4. The van der Waals surface area contributed by atoms with Gasteiger partial charge in [-0.25, -0.2) is 0 Å². The summed E-state index contributed by atoms with van der Waals surface area (Å²) in [6.45, 7) is 13.1. The van der Waals surface area contributed by atoms with Gasteiger partial charge in [0.05, 0.1) is 29.1 Å². The number of nitrogens with one attached hydrogen (secondary N) is 1. The Morgan fingerprint density at radius 1 is 1.00 bits per heavy atom. The molecule has 13 atom stereocenters. The quantitative estimate of drug-likeness (QED) is 0.242. The fourth-order valence-electron chi connectivity index (χ4n) is 10.9. The first-order valence-electron chi connectivity index (χ1n) is 17.1. The summed E-state index contributed by atoms with van der Waals surface area (Å²) in [5, 5.41) is 50.4. The second-order valence-electron chi connectivity index (χ2n) is 17.2. The van der Waals surface area contributed by atoms with Crippen molar-refractivity contribution in [3.05, 3.63) is 11.6 Å². The first-order chi connectivity index (χ1) is 19.9. The molecule has 8 heteroatoms. The highest BCUT2D eigenvalue weighted by atomic mass is 16.6. The lowest BCUT2D eigenvalue weighted by Gasteiger charge is -2.60. The summed E-state index contributed by atoms with van der Waals surface area (Å²) in [7, 11) is 0. The van der Waals surface area contributed by atoms with Crippen molar-refractivity contribution >= 4 is 5.78 Å². The zero-order valence-corrected chi connectivity index (χ0v) is 27.4. The Balaban J connectivity index is 1.19. The average Bonchev–Trinajstić information content (AvgIpc) is 3.69. The summed E-state index contributed by atoms with van der Waals surface area (Å²) < 4.78 is 6.23. The second kappa shape index (κ2) is 10.3. The van der Waals surface area contributed by atoms with E-state index in [1.165, 1.54) is 0 Å². The third-order valence-corrected chi connectivity index (χ3v) is 14.5. The molecule has 5 fully saturated rings. The summed E-state index contributed by atoms with van der Waals surface area (Å²) in [5.41, 5.74) is 2.11. The predicted molar refractivity (Wildman–Crippen MR) is 165 cm³/mol. The number of piperidine rings is 1. The molecule has 6 aliphatic rings. The van der Waals surface area contributed by atoms with E-state index in [2.05, 4.69) is 33.0 Å². The van der Waals surface area contributed by atoms with Gasteiger partial charge >= 0.3 is 0 Å². The molecule has 0 aromatic rings. The molecule has 0 spiro atoms. The van der Waals surface area contributed by atoms with E-state index in [9.17, 15) is 25.2 Å². The number of aliphatic hydroxyl groups excluding tert-OH is 1. The lowest BCUT2D eigenvalue weighted by atomic mass is 9.46. The van der Waals surface area contributed by atoms with Gasteiger partial charge in [0.25, 0.3) is 0 Å². The van der Waals surface area contributed by atoms with Crippen LogP contribution in [0.2, 0.25) is 0 Å². The van der Waals surface area contributed by atoms with Gasteiger partial charge in [0, 0.05) is 11.3 Å². The van der Waals surface area contributed by atoms with E-state index in [0.717, 1.165) is 57.1 Å². The number of allylic oxidation sites excluding steroid dienone is 1. The Labute approximate surface area is 258 Å². The molecule has 2 aliphatic heterocycles. The van der Waals surface area contributed by atoms with Gasteiger partial charge in [0.15, 0.2) is 5.78 Å². The van der Waals surface area contributed by atoms with Crippen LogP contribution in [0.15, 0.2) is 11.6 Å². The lowest BCUT2D eigenvalue weighted by molar-refractivity contribution is -0.152. The van der Waals surface area contributed by atoms with Crippen LogP contribution in [0.4, 0.5) is 0 Å². The number of hydrogen-bond acceptors (Lipinski definition) is 8. The van der Waals surface area contributed by atoms with Crippen molar-refractivity contribution < 1.29 is 30.0 Å². The molecule has 7 N–H and O–H groups in total. The molecule has 43 heavy (non-hydrogen) atoms. The number of carbonyl (C=O) groups is 1. The zero-order chi connectivity index (χ0) is 31.4. The Kier molecular flexibility index (Phi) is 7.70. The maximum atomic E-state index is 13.5. The molecular formula is C35H58N2O6. The third-order valence-electron chi connectivity index (χ3n) is 14.5. The van der Waals surface area contributed by atoms with E-state index in [0.29, 0.717) is 31.6 Å². The summed E-state index contributed by atoms with van der Waals surface area (Å²) in [6, 6.07) is 0. The van der Waals surface area contributed by atoms with Gasteiger partial charge in [0.2, 0.25) is 0 Å². The summed E-state index contributed by atoms with van der Waals surface area (Å²) in [5.74, 6) is 0.233. The van der Waals surface area contributed by atoms with Crippen LogP contribution in [0.3, 0.4) is 0 Å². The minimum atomic E-state index is -1.25. The van der Waals surface area contributed by atoms with Crippen molar-refractivity contribution in [2.24, 2.45) is 45.7 Å². The standard InChI is InChI=1S/C35H58N2O6/c1-30(2,12-7-20-11-16-37-27(36)17-20)34(6,41)29-28(43-29)33(5,40)26-10-15-35(42)23-19-25(39)24-18-21(38)8-13-31(24,3)22(23)9-14-32(26,35)4/h19-22,24,26-29,37-38,40-42H,7-18,36H2,1-6H3. The molecule has 2 heterocycles. The number of carbonyl (C=O) groups excluding carboxylic acids is 1. The van der Waals surface area contributed by atoms with Gasteiger partial charge in [-0.1, -0.05) is 27.7 Å². The molecule has 0 bridgehead atoms. The largest absolute Gasteiger partial charge is 0.393 e. The molecular weight excluding hydrogens is 544 g/mol. The summed E-state index contributed by atoms with van der Waals surface area (Å²) >= 11 is 0. The number of aliphatic hydroxyl groups is 4. The van der Waals surface area contributed by atoms with Gasteiger partial charge < -0.3 is 36.2 Å². The highest BCUT2D eigenvalue weighted by Crippen LogP contribution is 2.69. The van der Waals surface area contributed by atoms with Gasteiger partial charge in [-0.05, 0) is 131 Å². The molecule has 0 aromatic carbocycles. The van der Waals surface area contributed by atoms with Crippen LogP contribution in [-0.4, -0.2) is 74.0 Å². The number of ether oxygens (including phenoxy) is 1. The number of fused-ring (bicyclic) bond motifs is 5. The smallest absolute Gasteiger partial charge is 0.159 e. The molecule has 3 saturated carbocycles. The highest BCUT2D eigenvalue weighted by molar-refractivity contribution is 5.95. The minimum Gasteiger partial charge on any atom is -0.393 e. The van der Waals surface area contributed by atoms with Gasteiger partial charge in [0.1, 0.15) is 12.2 Å². The van der Waals surface area contributed by atoms with Crippen LogP contribution in [0.1, 0.15) is 112 Å². The van der Waals surface area contributed by atoms with E-state index in [-0.39, 0.29) is 35.1 Å². The summed E-state index contributed by atoms with van der Waals surface area (Å²) in [4.78, 5) is 13.5. The first kappa shape index (κ1) is 32.1. The number of ketones is 1. The molecule has 244 valence electrons. The van der Waals surface area contributed by atoms with Gasteiger partial charge in [-0.3, -0.25) is 4.79 Å². The van der Waals surface area contributed by atoms with Crippen molar-refractivity contribution in [1.29, 1.82) is 0 Å². The molecule has 6 rings (SSSR count). The Hall–Kier alpha value is -0.870. The van der Waals surface area contributed by atoms with Crippen LogP contribution in [0.25, 0.3) is 0 Å². The van der Waals surface area contributed by atoms with Crippen molar-refractivity contribution in [3.63, 3.8) is 0 Å². The number of rotatable bonds is 7. The van der Waals surface area contributed by atoms with Crippen LogP contribution >= 0.6 is 0 Å². The van der Waals surface area contributed by atoms with Crippen molar-refractivity contribution in [2.75, 3.05) is 6.54 Å². The lowest BCUT2D eigenvalue weighted by Crippen LogP contribution is -2.61. The maximum absolute atomic E-state index is 13.5. The molecule has 2 saturated heterocycles. The SMILES string of the molecule is CC(O)(C1OC1C(C)(O)C(C)(C)CCC1CCNC(N)C1)C1CCC2(O)C3=CC(=O)C4CC(O)CCC4(C)C3CCC12C. The van der Waals surface area contributed by atoms with Crippen molar-refractivity contribution in [1.82, 2.24) is 5.32 Å². The molecule has 0 amide bonds. The van der Waals surface area contributed by atoms with Crippen LogP contribution < -0.4 is 11.1 Å². The fourth-order valence-corrected chi connectivity index (χ4v) is 10.9. The van der Waals surface area contributed by atoms with Crippen LogP contribution in [-0.2, 0) is 9.53 Å². The monoisotopic (exact) mass is 602 g/mol. The van der Waals surface area contributed by atoms with Crippen molar-refractivity contribution in [2.45, 2.75) is 153 Å². The van der Waals surface area contributed by atoms with E-state index >= 15 is 0 Å². The molecule has 0 radical (unpaired) electrons. The Morgan fingerprint density at radius 3 is 2.42 bits per heavy atom. The van der Waals surface area contributed by atoms with Crippen molar-refractivity contribution in [3.8, 4) is 0 Å². The van der Waals surface area contributed by atoms with E-state index in [4.69, 9.17) is 10.5 Å². The Morgan fingerprint density at radius 2 is 1.72 bits per heavy atom. The topological polar surface area (TPSA) is 149 Å². The summed E-state index contributed by atoms with van der Waals surface area (Å²) in [6.07, 6.45) is 8.91. The molecule has 0 aromatic heterocycles. The van der Waals surface area contributed by atoms with Gasteiger partial charge in [-0.2, -0.15) is 0 Å². The molecule has 4 aliphatic carbocycles. The van der Waals surface area contributed by atoms with E-state index in [1.54, 1.807) is 6.08 Å². The maximum Gasteiger partial charge on any atom is 0.159 e. The number of epoxide rings is 1.